The lowest BCUT2D eigenvalue weighted by molar-refractivity contribution is -0.155. The number of hydrogen-bond acceptors (Lipinski definition) is 4. The molecule has 0 bridgehead atoms. The Morgan fingerprint density at radius 2 is 2.05 bits per heavy atom. The Balaban J connectivity index is 1.86. The van der Waals surface area contributed by atoms with Crippen LogP contribution in [-0.4, -0.2) is 76.9 Å². The minimum absolute atomic E-state index is 0.286. The number of rotatable bonds is 3. The molecule has 2 aliphatic heterocycles. The zero-order chi connectivity index (χ0) is 15.6. The summed E-state index contributed by atoms with van der Waals surface area (Å²) in [5.74, 6) is -0.848. The third-order valence-corrected chi connectivity index (χ3v) is 4.68. The summed E-state index contributed by atoms with van der Waals surface area (Å²) >= 11 is 0. The predicted octanol–water partition coefficient (Wildman–Crippen LogP) is -0.0523. The molecule has 0 aliphatic carbocycles. The van der Waals surface area contributed by atoms with Gasteiger partial charge in [-0.05, 0) is 45.7 Å². The van der Waals surface area contributed by atoms with Crippen LogP contribution >= 0.6 is 0 Å². The highest BCUT2D eigenvalue weighted by Crippen LogP contribution is 2.29. The maximum atomic E-state index is 12.1. The van der Waals surface area contributed by atoms with Crippen LogP contribution in [0.3, 0.4) is 0 Å². The van der Waals surface area contributed by atoms with Crippen LogP contribution in [0, 0.1) is 5.92 Å². The molecule has 2 saturated heterocycles. The van der Waals surface area contributed by atoms with Crippen molar-refractivity contribution >= 4 is 12.0 Å². The third kappa shape index (κ3) is 3.65. The van der Waals surface area contributed by atoms with Crippen LogP contribution in [0.4, 0.5) is 4.79 Å². The van der Waals surface area contributed by atoms with E-state index in [1.807, 2.05) is 0 Å². The maximum Gasteiger partial charge on any atom is 0.337 e. The third-order valence-electron chi connectivity index (χ3n) is 4.68. The normalized spacial score (nSPS) is 29.4. The van der Waals surface area contributed by atoms with Gasteiger partial charge < -0.3 is 25.3 Å². The molecule has 2 heterocycles. The van der Waals surface area contributed by atoms with Crippen LogP contribution in [0.1, 0.15) is 26.2 Å². The van der Waals surface area contributed by atoms with E-state index < -0.39 is 11.6 Å². The summed E-state index contributed by atoms with van der Waals surface area (Å²) in [6, 6.07) is 0.258. The van der Waals surface area contributed by atoms with E-state index in [4.69, 9.17) is 5.11 Å². The molecule has 3 unspecified atom stereocenters. The van der Waals surface area contributed by atoms with Gasteiger partial charge in [0, 0.05) is 19.1 Å². The summed E-state index contributed by atoms with van der Waals surface area (Å²) in [6.07, 6.45) is 3.23. The molecule has 21 heavy (non-hydrogen) atoms. The van der Waals surface area contributed by atoms with Crippen molar-refractivity contribution in [2.75, 3.05) is 33.2 Å². The monoisotopic (exact) mass is 299 g/mol. The van der Waals surface area contributed by atoms with E-state index in [1.54, 1.807) is 4.90 Å². The quantitative estimate of drug-likeness (QED) is 0.679. The molecule has 2 fully saturated rings. The Kier molecular flexibility index (Phi) is 4.73. The summed E-state index contributed by atoms with van der Waals surface area (Å²) in [7, 11) is 2.14. The van der Waals surface area contributed by atoms with Crippen LogP contribution in [0.25, 0.3) is 0 Å². The first-order chi connectivity index (χ1) is 9.81. The number of fused-ring (bicyclic) bond motifs is 1. The molecule has 120 valence electrons. The Labute approximate surface area is 124 Å². The number of likely N-dealkylation sites (tertiary alicyclic amines) is 2. The van der Waals surface area contributed by atoms with E-state index in [1.165, 1.54) is 6.92 Å². The highest BCUT2D eigenvalue weighted by atomic mass is 16.4. The summed E-state index contributed by atoms with van der Waals surface area (Å²) in [5, 5.41) is 21.0. The number of aliphatic hydroxyl groups is 1. The molecule has 7 heteroatoms. The largest absolute Gasteiger partial charge is 0.479 e. The number of nitrogens with one attached hydrogen (secondary N) is 1. The zero-order valence-corrected chi connectivity index (χ0v) is 12.7. The fraction of sp³-hybridized carbons (Fsp3) is 0.857. The number of carbonyl (C=O) groups is 2. The van der Waals surface area contributed by atoms with Crippen molar-refractivity contribution in [3.63, 3.8) is 0 Å². The van der Waals surface area contributed by atoms with Gasteiger partial charge in [-0.1, -0.05) is 0 Å². The average Bonchev–Trinajstić information content (AvgIpc) is 2.44. The van der Waals surface area contributed by atoms with Crippen molar-refractivity contribution in [1.82, 2.24) is 15.1 Å². The lowest BCUT2D eigenvalue weighted by Crippen LogP contribution is -2.57. The number of piperidine rings is 2. The Hall–Kier alpha value is -1.34. The van der Waals surface area contributed by atoms with Crippen LogP contribution in [-0.2, 0) is 4.79 Å². The van der Waals surface area contributed by atoms with Gasteiger partial charge in [-0.25, -0.2) is 9.59 Å². The van der Waals surface area contributed by atoms with Gasteiger partial charge in [-0.2, -0.15) is 0 Å². The number of nitrogens with zero attached hydrogens (tertiary/aromatic N) is 2. The topological polar surface area (TPSA) is 93.1 Å². The van der Waals surface area contributed by atoms with Gasteiger partial charge in [0.15, 0.2) is 5.60 Å². The molecule has 0 aromatic heterocycles. The fourth-order valence-electron chi connectivity index (χ4n) is 3.27. The van der Waals surface area contributed by atoms with Crippen molar-refractivity contribution in [2.45, 2.75) is 37.8 Å². The van der Waals surface area contributed by atoms with Crippen LogP contribution in [0.15, 0.2) is 0 Å². The van der Waals surface area contributed by atoms with E-state index in [9.17, 15) is 14.7 Å². The molecule has 0 aromatic carbocycles. The summed E-state index contributed by atoms with van der Waals surface area (Å²) in [4.78, 5) is 27.0. The molecule has 3 atom stereocenters. The van der Waals surface area contributed by atoms with Gasteiger partial charge in [0.05, 0.1) is 6.54 Å². The molecule has 7 nitrogen and oxygen atoms in total. The number of carboxylic acids is 1. The second kappa shape index (κ2) is 6.19. The minimum atomic E-state index is -1.93. The standard InChI is InChI=1S/C14H25N3O4/c1-14(21,12(18)19)9-15-13(20)17-7-5-11-10(8-17)4-3-6-16(11)2/h10-11,21H,3-9H2,1-2H3,(H,15,20)(H,18,19). The van der Waals surface area contributed by atoms with Crippen molar-refractivity contribution in [3.05, 3.63) is 0 Å². The van der Waals surface area contributed by atoms with E-state index in [2.05, 4.69) is 17.3 Å². The highest BCUT2D eigenvalue weighted by Gasteiger charge is 2.36. The highest BCUT2D eigenvalue weighted by molar-refractivity contribution is 5.79. The molecule has 3 N–H and O–H groups in total. The molecular formula is C14H25N3O4. The van der Waals surface area contributed by atoms with Gasteiger partial charge in [0.1, 0.15) is 0 Å². The fourth-order valence-corrected chi connectivity index (χ4v) is 3.27. The molecule has 0 aromatic rings. The van der Waals surface area contributed by atoms with E-state index in [0.717, 1.165) is 25.8 Å². The zero-order valence-electron chi connectivity index (χ0n) is 12.7. The first kappa shape index (κ1) is 16.0. The second-order valence-electron chi connectivity index (χ2n) is 6.42. The van der Waals surface area contributed by atoms with E-state index in [-0.39, 0.29) is 12.6 Å². The number of urea groups is 1. The Morgan fingerprint density at radius 3 is 2.71 bits per heavy atom. The number of aliphatic carboxylic acids is 1. The number of hydrogen-bond donors (Lipinski definition) is 3. The smallest absolute Gasteiger partial charge is 0.337 e. The lowest BCUT2D eigenvalue weighted by atomic mass is 9.84. The summed E-state index contributed by atoms with van der Waals surface area (Å²) < 4.78 is 0. The van der Waals surface area contributed by atoms with Gasteiger partial charge in [-0.15, -0.1) is 0 Å². The molecule has 2 amide bonds. The van der Waals surface area contributed by atoms with Crippen LogP contribution in [0.2, 0.25) is 0 Å². The minimum Gasteiger partial charge on any atom is -0.479 e. The molecule has 0 saturated carbocycles. The first-order valence-corrected chi connectivity index (χ1v) is 7.50. The summed E-state index contributed by atoms with van der Waals surface area (Å²) in [5.41, 5.74) is -1.93. The Bertz CT molecular complexity index is 413. The second-order valence-corrected chi connectivity index (χ2v) is 6.42. The van der Waals surface area contributed by atoms with Crippen LogP contribution in [0.5, 0.6) is 0 Å². The first-order valence-electron chi connectivity index (χ1n) is 7.50. The molecule has 0 spiro atoms. The van der Waals surface area contributed by atoms with Crippen molar-refractivity contribution in [2.24, 2.45) is 5.92 Å². The molecule has 0 radical (unpaired) electrons. The van der Waals surface area contributed by atoms with Crippen molar-refractivity contribution in [3.8, 4) is 0 Å². The van der Waals surface area contributed by atoms with E-state index in [0.29, 0.717) is 25.0 Å². The number of carboxylic acid groups (broad SMARTS) is 1. The maximum absolute atomic E-state index is 12.1. The predicted molar refractivity (Wildman–Crippen MR) is 77.0 cm³/mol. The van der Waals surface area contributed by atoms with Gasteiger partial charge in [0.2, 0.25) is 0 Å². The van der Waals surface area contributed by atoms with Crippen molar-refractivity contribution in [1.29, 1.82) is 0 Å². The Morgan fingerprint density at radius 1 is 1.33 bits per heavy atom. The van der Waals surface area contributed by atoms with Gasteiger partial charge in [-0.3, -0.25) is 0 Å². The van der Waals surface area contributed by atoms with Crippen LogP contribution < -0.4 is 5.32 Å². The summed E-state index contributed by atoms with van der Waals surface area (Å²) in [6.45, 7) is 3.39. The number of carbonyl (C=O) groups excluding carboxylic acids is 1. The molecule has 2 aliphatic rings. The number of amides is 2. The SMILES string of the molecule is CN1CCCC2CN(C(=O)NCC(C)(O)C(=O)O)CCC21. The van der Waals surface area contributed by atoms with E-state index >= 15 is 0 Å². The van der Waals surface area contributed by atoms with Crippen molar-refractivity contribution < 1.29 is 19.8 Å². The average molecular weight is 299 g/mol. The van der Waals surface area contributed by atoms with Gasteiger partial charge in [0.25, 0.3) is 0 Å². The van der Waals surface area contributed by atoms with Gasteiger partial charge >= 0.3 is 12.0 Å². The lowest BCUT2D eigenvalue weighted by Gasteiger charge is -2.45. The molecule has 2 rings (SSSR count). The molecular weight excluding hydrogens is 274 g/mol.